The number of rotatable bonds is 8. The molecule has 0 atom stereocenters. The van der Waals surface area contributed by atoms with E-state index >= 15 is 0 Å². The first kappa shape index (κ1) is 17.8. The summed E-state index contributed by atoms with van der Waals surface area (Å²) in [5.74, 6) is 0.613. The second-order valence-electron chi connectivity index (χ2n) is 5.88. The largest absolute Gasteiger partial charge is 0.493 e. The summed E-state index contributed by atoms with van der Waals surface area (Å²) in [4.78, 5) is 14.5. The van der Waals surface area contributed by atoms with Crippen molar-refractivity contribution < 1.29 is 9.53 Å². The fraction of sp³-hybridized carbons (Fsp3) is 0.286. The van der Waals surface area contributed by atoms with Crippen molar-refractivity contribution in [3.8, 4) is 5.75 Å². The molecule has 2 aromatic carbocycles. The molecule has 0 bridgehead atoms. The first-order valence-electron chi connectivity index (χ1n) is 8.33. The lowest BCUT2D eigenvalue weighted by molar-refractivity contribution is 0.104. The number of ketones is 1. The fourth-order valence-corrected chi connectivity index (χ4v) is 2.27. The minimum Gasteiger partial charge on any atom is -0.493 e. The number of allylic oxidation sites excluding steroid dienone is 1. The van der Waals surface area contributed by atoms with E-state index < -0.39 is 0 Å². The lowest BCUT2D eigenvalue weighted by atomic mass is 10.1. The zero-order valence-electron chi connectivity index (χ0n) is 14.7. The third kappa shape index (κ3) is 4.98. The Morgan fingerprint density at radius 1 is 1.08 bits per heavy atom. The summed E-state index contributed by atoms with van der Waals surface area (Å²) in [6.07, 6.45) is 5.49. The van der Waals surface area contributed by atoms with Gasteiger partial charge in [0, 0.05) is 19.8 Å². The first-order chi connectivity index (χ1) is 11.6. The van der Waals surface area contributed by atoms with Gasteiger partial charge in [-0.25, -0.2) is 0 Å². The molecule has 0 aliphatic heterocycles. The van der Waals surface area contributed by atoms with E-state index in [4.69, 9.17) is 4.74 Å². The van der Waals surface area contributed by atoms with Crippen molar-refractivity contribution >= 4 is 17.5 Å². The highest BCUT2D eigenvalue weighted by atomic mass is 16.5. The number of benzene rings is 2. The van der Waals surface area contributed by atoms with E-state index in [2.05, 4.69) is 6.92 Å². The van der Waals surface area contributed by atoms with E-state index in [1.54, 1.807) is 6.08 Å². The van der Waals surface area contributed by atoms with Gasteiger partial charge in [0.2, 0.25) is 0 Å². The Labute approximate surface area is 144 Å². The molecule has 0 fully saturated rings. The molecule has 0 saturated carbocycles. The number of carbonyl (C=O) groups is 1. The van der Waals surface area contributed by atoms with Gasteiger partial charge in [-0.1, -0.05) is 43.7 Å². The van der Waals surface area contributed by atoms with Crippen LogP contribution in [-0.2, 0) is 0 Å². The molecular weight excluding hydrogens is 298 g/mol. The van der Waals surface area contributed by atoms with Crippen molar-refractivity contribution in [2.24, 2.45) is 0 Å². The van der Waals surface area contributed by atoms with Crippen molar-refractivity contribution in [1.29, 1.82) is 0 Å². The van der Waals surface area contributed by atoms with Gasteiger partial charge in [0.15, 0.2) is 5.78 Å². The van der Waals surface area contributed by atoms with Crippen LogP contribution >= 0.6 is 0 Å². The highest BCUT2D eigenvalue weighted by molar-refractivity contribution is 6.08. The van der Waals surface area contributed by atoms with Gasteiger partial charge in [0.1, 0.15) is 5.75 Å². The number of hydrogen-bond acceptors (Lipinski definition) is 3. The van der Waals surface area contributed by atoms with Crippen LogP contribution in [0, 0.1) is 0 Å². The average Bonchev–Trinajstić information content (AvgIpc) is 2.60. The molecule has 2 rings (SSSR count). The number of para-hydroxylation sites is 1. The second kappa shape index (κ2) is 8.92. The van der Waals surface area contributed by atoms with Crippen molar-refractivity contribution in [2.45, 2.75) is 19.8 Å². The van der Waals surface area contributed by atoms with Gasteiger partial charge in [-0.3, -0.25) is 4.79 Å². The smallest absolute Gasteiger partial charge is 0.189 e. The molecule has 0 N–H and O–H groups in total. The quantitative estimate of drug-likeness (QED) is 0.396. The Balaban J connectivity index is 2.08. The third-order valence-electron chi connectivity index (χ3n) is 3.74. The van der Waals surface area contributed by atoms with Gasteiger partial charge in [-0.05, 0) is 42.3 Å². The Morgan fingerprint density at radius 3 is 2.46 bits per heavy atom. The maximum Gasteiger partial charge on any atom is 0.189 e. The number of hydrogen-bond donors (Lipinski definition) is 0. The molecule has 3 heteroatoms. The van der Waals surface area contributed by atoms with Crippen molar-refractivity contribution in [3.05, 3.63) is 65.7 Å². The molecule has 0 aliphatic carbocycles. The van der Waals surface area contributed by atoms with E-state index in [0.29, 0.717) is 17.9 Å². The van der Waals surface area contributed by atoms with Crippen LogP contribution in [0.4, 0.5) is 5.69 Å². The zero-order chi connectivity index (χ0) is 17.4. The van der Waals surface area contributed by atoms with Gasteiger partial charge < -0.3 is 9.64 Å². The molecule has 0 spiro atoms. The number of anilines is 1. The summed E-state index contributed by atoms with van der Waals surface area (Å²) in [6, 6.07) is 15.5. The van der Waals surface area contributed by atoms with Gasteiger partial charge >= 0.3 is 0 Å². The molecular formula is C21H25NO2. The van der Waals surface area contributed by atoms with Crippen LogP contribution in [0.2, 0.25) is 0 Å². The maximum absolute atomic E-state index is 12.5. The lowest BCUT2D eigenvalue weighted by Gasteiger charge is -2.11. The van der Waals surface area contributed by atoms with Crippen LogP contribution < -0.4 is 9.64 Å². The molecule has 3 nitrogen and oxygen atoms in total. The monoisotopic (exact) mass is 323 g/mol. The van der Waals surface area contributed by atoms with Crippen LogP contribution in [0.25, 0.3) is 6.08 Å². The van der Waals surface area contributed by atoms with E-state index in [1.165, 1.54) is 0 Å². The maximum atomic E-state index is 12.5. The van der Waals surface area contributed by atoms with Crippen LogP contribution in [0.15, 0.2) is 54.6 Å². The molecule has 24 heavy (non-hydrogen) atoms. The number of ether oxygens (including phenoxy) is 1. The number of carbonyl (C=O) groups excluding carboxylic acids is 1. The highest BCUT2D eigenvalue weighted by Crippen LogP contribution is 2.20. The van der Waals surface area contributed by atoms with E-state index in [1.807, 2.05) is 73.6 Å². The summed E-state index contributed by atoms with van der Waals surface area (Å²) >= 11 is 0. The summed E-state index contributed by atoms with van der Waals surface area (Å²) < 4.78 is 5.73. The Hall–Kier alpha value is -2.55. The highest BCUT2D eigenvalue weighted by Gasteiger charge is 2.09. The first-order valence-corrected chi connectivity index (χ1v) is 8.33. The van der Waals surface area contributed by atoms with Gasteiger partial charge in [-0.15, -0.1) is 0 Å². The average molecular weight is 323 g/mol. The minimum absolute atomic E-state index is 0.0428. The molecule has 0 heterocycles. The van der Waals surface area contributed by atoms with Crippen molar-refractivity contribution in [3.63, 3.8) is 0 Å². The van der Waals surface area contributed by atoms with Gasteiger partial charge in [0.25, 0.3) is 0 Å². The lowest BCUT2D eigenvalue weighted by Crippen LogP contribution is -2.07. The normalized spacial score (nSPS) is 10.8. The SMILES string of the molecule is CCCCOc1ccccc1C(=O)C=Cc1ccc(N(C)C)cc1. The fourth-order valence-electron chi connectivity index (χ4n) is 2.27. The van der Waals surface area contributed by atoms with Gasteiger partial charge in [0.05, 0.1) is 12.2 Å². The third-order valence-corrected chi connectivity index (χ3v) is 3.74. The Bertz CT molecular complexity index is 687. The molecule has 0 unspecified atom stereocenters. The zero-order valence-corrected chi connectivity index (χ0v) is 14.7. The van der Waals surface area contributed by atoms with E-state index in [-0.39, 0.29) is 5.78 Å². The molecule has 0 amide bonds. The Kier molecular flexibility index (Phi) is 6.62. The predicted octanol–water partition coefficient (Wildman–Crippen LogP) is 4.83. The molecule has 0 saturated heterocycles. The summed E-state index contributed by atoms with van der Waals surface area (Å²) in [5.41, 5.74) is 2.74. The van der Waals surface area contributed by atoms with Gasteiger partial charge in [-0.2, -0.15) is 0 Å². The summed E-state index contributed by atoms with van der Waals surface area (Å²) in [6.45, 7) is 2.75. The minimum atomic E-state index is -0.0428. The topological polar surface area (TPSA) is 29.5 Å². The standard InChI is InChI=1S/C21H25NO2/c1-4-5-16-24-21-9-7-6-8-19(21)20(23)15-12-17-10-13-18(14-11-17)22(2)3/h6-15H,4-5,16H2,1-3H3. The van der Waals surface area contributed by atoms with E-state index in [0.717, 1.165) is 24.1 Å². The van der Waals surface area contributed by atoms with Crippen molar-refractivity contribution in [1.82, 2.24) is 0 Å². The Morgan fingerprint density at radius 2 is 1.79 bits per heavy atom. The van der Waals surface area contributed by atoms with Crippen molar-refractivity contribution in [2.75, 3.05) is 25.6 Å². The molecule has 0 aliphatic rings. The summed E-state index contributed by atoms with van der Waals surface area (Å²) in [7, 11) is 4.01. The number of unbranched alkanes of at least 4 members (excludes halogenated alkanes) is 1. The van der Waals surface area contributed by atoms with E-state index in [9.17, 15) is 4.79 Å². The second-order valence-corrected chi connectivity index (χ2v) is 5.88. The molecule has 0 radical (unpaired) electrons. The van der Waals surface area contributed by atoms with Crippen LogP contribution in [0.5, 0.6) is 5.75 Å². The molecule has 0 aromatic heterocycles. The molecule has 126 valence electrons. The number of nitrogens with zero attached hydrogens (tertiary/aromatic N) is 1. The predicted molar refractivity (Wildman–Crippen MR) is 101 cm³/mol. The van der Waals surface area contributed by atoms with Crippen LogP contribution in [-0.4, -0.2) is 26.5 Å². The van der Waals surface area contributed by atoms with Crippen LogP contribution in [0.1, 0.15) is 35.7 Å². The summed E-state index contributed by atoms with van der Waals surface area (Å²) in [5, 5.41) is 0. The molecule has 2 aromatic rings. The van der Waals surface area contributed by atoms with Crippen LogP contribution in [0.3, 0.4) is 0 Å².